The van der Waals surface area contributed by atoms with Crippen LogP contribution in [0.1, 0.15) is 31.9 Å². The molecule has 28 heavy (non-hydrogen) atoms. The highest BCUT2D eigenvalue weighted by molar-refractivity contribution is 7.80. The molecule has 1 heterocycles. The van der Waals surface area contributed by atoms with Crippen LogP contribution in [0.3, 0.4) is 0 Å². The van der Waals surface area contributed by atoms with E-state index in [4.69, 9.17) is 28.6 Å². The third kappa shape index (κ3) is 5.05. The van der Waals surface area contributed by atoms with Gasteiger partial charge < -0.3 is 20.1 Å². The van der Waals surface area contributed by atoms with E-state index in [0.717, 1.165) is 17.0 Å². The second kappa shape index (κ2) is 8.24. The predicted molar refractivity (Wildman–Crippen MR) is 115 cm³/mol. The SMILES string of the molecule is COC(=O)Nc1ccc2c(c1)C(NC(=S)Nc1cccc(Cl)c1)CC(C)(C)O2. The first kappa shape index (κ1) is 20.2. The lowest BCUT2D eigenvalue weighted by Gasteiger charge is -2.38. The van der Waals surface area contributed by atoms with E-state index in [1.54, 1.807) is 18.2 Å². The van der Waals surface area contributed by atoms with Crippen LogP contribution in [0.15, 0.2) is 42.5 Å². The van der Waals surface area contributed by atoms with E-state index in [1.807, 2.05) is 38.1 Å². The summed E-state index contributed by atoms with van der Waals surface area (Å²) in [6.45, 7) is 4.05. The molecular weight excluding hydrogens is 398 g/mol. The number of halogens is 1. The van der Waals surface area contributed by atoms with Gasteiger partial charge in [-0.15, -0.1) is 0 Å². The summed E-state index contributed by atoms with van der Waals surface area (Å²) in [6, 6.07) is 12.7. The van der Waals surface area contributed by atoms with E-state index in [2.05, 4.69) is 20.7 Å². The van der Waals surface area contributed by atoms with E-state index in [0.29, 0.717) is 22.2 Å². The second-order valence-electron chi connectivity index (χ2n) is 7.10. The van der Waals surface area contributed by atoms with Crippen LogP contribution >= 0.6 is 23.8 Å². The van der Waals surface area contributed by atoms with Crippen molar-refractivity contribution in [2.24, 2.45) is 0 Å². The van der Waals surface area contributed by atoms with Gasteiger partial charge in [-0.3, -0.25) is 5.32 Å². The van der Waals surface area contributed by atoms with Crippen molar-refractivity contribution in [1.29, 1.82) is 0 Å². The van der Waals surface area contributed by atoms with Crippen molar-refractivity contribution in [3.8, 4) is 5.75 Å². The maximum absolute atomic E-state index is 11.5. The van der Waals surface area contributed by atoms with E-state index >= 15 is 0 Å². The minimum atomic E-state index is -0.528. The molecule has 2 aromatic rings. The molecule has 0 spiro atoms. The Balaban J connectivity index is 1.81. The Labute approximate surface area is 174 Å². The van der Waals surface area contributed by atoms with Gasteiger partial charge in [0.15, 0.2) is 5.11 Å². The van der Waals surface area contributed by atoms with Crippen LogP contribution in [0, 0.1) is 0 Å². The third-order valence-electron chi connectivity index (χ3n) is 4.29. The quantitative estimate of drug-likeness (QED) is 0.600. The van der Waals surface area contributed by atoms with Crippen LogP contribution in [0.5, 0.6) is 5.75 Å². The maximum Gasteiger partial charge on any atom is 0.411 e. The fourth-order valence-electron chi connectivity index (χ4n) is 3.12. The van der Waals surface area contributed by atoms with Crippen molar-refractivity contribution >= 4 is 46.4 Å². The summed E-state index contributed by atoms with van der Waals surface area (Å²) in [4.78, 5) is 11.5. The molecule has 1 aliphatic heterocycles. The summed E-state index contributed by atoms with van der Waals surface area (Å²) in [5.74, 6) is 0.745. The summed E-state index contributed by atoms with van der Waals surface area (Å²) in [5, 5.41) is 10.3. The molecule has 8 heteroatoms. The van der Waals surface area contributed by atoms with Crippen LogP contribution in [0.25, 0.3) is 0 Å². The number of nitrogens with one attached hydrogen (secondary N) is 3. The number of rotatable bonds is 3. The Morgan fingerprint density at radius 1 is 1.21 bits per heavy atom. The third-order valence-corrected chi connectivity index (χ3v) is 4.74. The highest BCUT2D eigenvalue weighted by Crippen LogP contribution is 2.40. The lowest BCUT2D eigenvalue weighted by molar-refractivity contribution is 0.0697. The Bertz CT molecular complexity index is 904. The van der Waals surface area contributed by atoms with Crippen molar-refractivity contribution in [2.75, 3.05) is 17.7 Å². The standard InChI is InChI=1S/C20H22ClN3O3S/c1-20(2)11-16(24-18(28)22-13-6-4-5-12(21)9-13)15-10-14(23-19(25)26-3)7-8-17(15)27-20/h4-10,16H,11H2,1-3H3,(H,23,25)(H2,22,24,28). The maximum atomic E-state index is 11.5. The molecule has 148 valence electrons. The topological polar surface area (TPSA) is 71.6 Å². The molecule has 1 aliphatic rings. The lowest BCUT2D eigenvalue weighted by Crippen LogP contribution is -2.42. The molecule has 0 radical (unpaired) electrons. The lowest BCUT2D eigenvalue weighted by atomic mass is 9.89. The first-order valence-electron chi connectivity index (χ1n) is 8.77. The zero-order valence-corrected chi connectivity index (χ0v) is 17.4. The molecule has 6 nitrogen and oxygen atoms in total. The first-order chi connectivity index (χ1) is 13.3. The number of anilines is 2. The minimum Gasteiger partial charge on any atom is -0.487 e. The summed E-state index contributed by atoms with van der Waals surface area (Å²) >= 11 is 11.5. The fraction of sp³-hybridized carbons (Fsp3) is 0.300. The van der Waals surface area contributed by atoms with Crippen LogP contribution < -0.4 is 20.7 Å². The molecule has 0 fully saturated rings. The number of benzene rings is 2. The van der Waals surface area contributed by atoms with E-state index in [-0.39, 0.29) is 11.6 Å². The molecule has 1 amide bonds. The number of methoxy groups -OCH3 is 1. The van der Waals surface area contributed by atoms with Crippen LogP contribution in [0.2, 0.25) is 5.02 Å². The van der Waals surface area contributed by atoms with Gasteiger partial charge >= 0.3 is 6.09 Å². The molecule has 3 rings (SSSR count). The fourth-order valence-corrected chi connectivity index (χ4v) is 3.57. The first-order valence-corrected chi connectivity index (χ1v) is 9.55. The average Bonchev–Trinajstić information content (AvgIpc) is 2.61. The molecule has 0 aromatic heterocycles. The number of carbonyl (C=O) groups excluding carboxylic acids is 1. The number of carbonyl (C=O) groups is 1. The molecule has 0 saturated heterocycles. The van der Waals surface area contributed by atoms with Gasteiger partial charge in [0.05, 0.1) is 13.2 Å². The van der Waals surface area contributed by atoms with Gasteiger partial charge in [-0.1, -0.05) is 17.7 Å². The summed E-state index contributed by atoms with van der Waals surface area (Å²) in [5.41, 5.74) is 1.96. The second-order valence-corrected chi connectivity index (χ2v) is 7.94. The molecule has 0 bridgehead atoms. The van der Waals surface area contributed by atoms with Crippen molar-refractivity contribution in [2.45, 2.75) is 31.9 Å². The monoisotopic (exact) mass is 419 g/mol. The van der Waals surface area contributed by atoms with Crippen molar-refractivity contribution < 1.29 is 14.3 Å². The minimum absolute atomic E-state index is 0.0997. The van der Waals surface area contributed by atoms with Crippen LogP contribution in [0.4, 0.5) is 16.2 Å². The zero-order chi connectivity index (χ0) is 20.3. The Hall–Kier alpha value is -2.51. The molecule has 3 N–H and O–H groups in total. The molecule has 0 saturated carbocycles. The molecular formula is C20H22ClN3O3S. The van der Waals surface area contributed by atoms with Gasteiger partial charge in [-0.05, 0) is 62.5 Å². The average molecular weight is 420 g/mol. The van der Waals surface area contributed by atoms with Crippen molar-refractivity contribution in [3.63, 3.8) is 0 Å². The Morgan fingerprint density at radius 3 is 2.68 bits per heavy atom. The molecule has 1 unspecified atom stereocenters. The Morgan fingerprint density at radius 2 is 1.96 bits per heavy atom. The van der Waals surface area contributed by atoms with E-state index in [1.165, 1.54) is 7.11 Å². The van der Waals surface area contributed by atoms with Crippen molar-refractivity contribution in [1.82, 2.24) is 5.32 Å². The highest BCUT2D eigenvalue weighted by atomic mass is 35.5. The van der Waals surface area contributed by atoms with Crippen LogP contribution in [-0.4, -0.2) is 23.9 Å². The van der Waals surface area contributed by atoms with Gasteiger partial charge in [0.25, 0.3) is 0 Å². The Kier molecular flexibility index (Phi) is 5.96. The smallest absolute Gasteiger partial charge is 0.411 e. The molecule has 1 atom stereocenters. The van der Waals surface area contributed by atoms with Gasteiger partial charge in [0.1, 0.15) is 11.4 Å². The van der Waals surface area contributed by atoms with Crippen molar-refractivity contribution in [3.05, 3.63) is 53.1 Å². The summed E-state index contributed by atoms with van der Waals surface area (Å²) in [6.07, 6.45) is 0.165. The largest absolute Gasteiger partial charge is 0.487 e. The number of thiocarbonyl (C=S) groups is 1. The number of amides is 1. The van der Waals surface area contributed by atoms with Crippen LogP contribution in [-0.2, 0) is 4.74 Å². The molecule has 0 aliphatic carbocycles. The van der Waals surface area contributed by atoms with Gasteiger partial charge in [-0.25, -0.2) is 4.79 Å². The van der Waals surface area contributed by atoms with Gasteiger partial charge in [-0.2, -0.15) is 0 Å². The predicted octanol–water partition coefficient (Wildman–Crippen LogP) is 5.11. The number of hydrogen-bond acceptors (Lipinski definition) is 4. The van der Waals surface area contributed by atoms with E-state index < -0.39 is 6.09 Å². The summed E-state index contributed by atoms with van der Waals surface area (Å²) in [7, 11) is 1.32. The number of fused-ring (bicyclic) bond motifs is 1. The zero-order valence-electron chi connectivity index (χ0n) is 15.8. The highest BCUT2D eigenvalue weighted by Gasteiger charge is 2.34. The van der Waals surface area contributed by atoms with Gasteiger partial charge in [0, 0.05) is 28.4 Å². The summed E-state index contributed by atoms with van der Waals surface area (Å²) < 4.78 is 10.7. The van der Waals surface area contributed by atoms with E-state index in [9.17, 15) is 4.79 Å². The normalized spacial score (nSPS) is 16.9. The van der Waals surface area contributed by atoms with Gasteiger partial charge in [0.2, 0.25) is 0 Å². The number of hydrogen-bond donors (Lipinski definition) is 3. The number of ether oxygens (including phenoxy) is 2. The molecule has 2 aromatic carbocycles.